The van der Waals surface area contributed by atoms with Gasteiger partial charge in [0.25, 0.3) is 5.91 Å². The second-order valence-electron chi connectivity index (χ2n) is 10.2. The number of anilines is 4. The molecule has 0 unspecified atom stereocenters. The van der Waals surface area contributed by atoms with Crippen molar-refractivity contribution in [1.82, 2.24) is 19.8 Å². The summed E-state index contributed by atoms with van der Waals surface area (Å²) in [5, 5.41) is 4.21. The van der Waals surface area contributed by atoms with Crippen molar-refractivity contribution in [2.45, 2.75) is 38.0 Å². The molecule has 4 rings (SSSR count). The summed E-state index contributed by atoms with van der Waals surface area (Å²) in [6.45, 7) is 5.80. The fourth-order valence-electron chi connectivity index (χ4n) is 5.06. The van der Waals surface area contributed by atoms with Crippen molar-refractivity contribution in [1.29, 1.82) is 0 Å². The van der Waals surface area contributed by atoms with Crippen LogP contribution >= 0.6 is 7.60 Å². The highest BCUT2D eigenvalue weighted by Crippen LogP contribution is 2.60. The average Bonchev–Trinajstić information content (AvgIpc) is 2.94. The van der Waals surface area contributed by atoms with Gasteiger partial charge >= 0.3 is 13.8 Å². The molecule has 1 aromatic heterocycles. The summed E-state index contributed by atoms with van der Waals surface area (Å²) < 4.78 is 54.1. The summed E-state index contributed by atoms with van der Waals surface area (Å²) in [5.41, 5.74) is 0.140. The Labute approximate surface area is 242 Å². The van der Waals surface area contributed by atoms with Crippen LogP contribution in [-0.2, 0) is 15.9 Å². The van der Waals surface area contributed by atoms with E-state index >= 15 is 0 Å². The van der Waals surface area contributed by atoms with E-state index in [1.807, 2.05) is 7.05 Å². The van der Waals surface area contributed by atoms with E-state index < -0.39 is 30.3 Å². The van der Waals surface area contributed by atoms with E-state index in [9.17, 15) is 32.3 Å². The zero-order valence-electron chi connectivity index (χ0n) is 23.5. The molecule has 0 saturated carbocycles. The van der Waals surface area contributed by atoms with Gasteiger partial charge in [0, 0.05) is 38.1 Å². The van der Waals surface area contributed by atoms with E-state index in [1.54, 1.807) is 61.2 Å². The molecule has 0 radical (unpaired) electrons. The number of nitrogens with zero attached hydrogens (tertiary/aromatic N) is 4. The van der Waals surface area contributed by atoms with Gasteiger partial charge in [-0.15, -0.1) is 0 Å². The molecule has 2 aromatic carbocycles. The zero-order chi connectivity index (χ0) is 30.7. The number of nitrogens with one attached hydrogen (secondary N) is 2. The van der Waals surface area contributed by atoms with Crippen molar-refractivity contribution in [3.63, 3.8) is 0 Å². The monoisotopic (exact) mass is 606 g/mol. The van der Waals surface area contributed by atoms with Crippen LogP contribution in [0.3, 0.4) is 0 Å². The van der Waals surface area contributed by atoms with E-state index in [1.165, 1.54) is 6.07 Å². The summed E-state index contributed by atoms with van der Waals surface area (Å²) in [6.07, 6.45) is -3.68. The van der Waals surface area contributed by atoms with Crippen molar-refractivity contribution in [2.24, 2.45) is 0 Å². The quantitative estimate of drug-likeness (QED) is 0.231. The number of hydrogen-bond acceptors (Lipinski definition) is 7. The Morgan fingerprint density at radius 3 is 2.17 bits per heavy atom. The number of amides is 1. The minimum absolute atomic E-state index is 0.145. The average molecular weight is 607 g/mol. The minimum Gasteiger partial charge on any atom is -0.339 e. The Bertz CT molecular complexity index is 1450. The number of hydrogen-bond donors (Lipinski definition) is 4. The van der Waals surface area contributed by atoms with Crippen molar-refractivity contribution in [3.8, 4) is 0 Å². The first-order valence-electron chi connectivity index (χ1n) is 13.5. The number of carbonyl (C=O) groups is 1. The van der Waals surface area contributed by atoms with Crippen molar-refractivity contribution in [3.05, 3.63) is 71.4 Å². The number of likely N-dealkylation sites (N-methyl/N-ethyl adjacent to an activating group) is 1. The number of aromatic nitrogens is 2. The fraction of sp³-hybridized carbons (Fsp3) is 0.393. The van der Waals surface area contributed by atoms with Crippen LogP contribution in [0.15, 0.2) is 54.7 Å². The van der Waals surface area contributed by atoms with Crippen LogP contribution in [-0.4, -0.2) is 68.7 Å². The molecule has 10 nitrogen and oxygen atoms in total. The predicted octanol–water partition coefficient (Wildman–Crippen LogP) is 5.56. The molecule has 3 aromatic rings. The molecule has 1 aliphatic rings. The van der Waals surface area contributed by atoms with Gasteiger partial charge in [0.15, 0.2) is 0 Å². The fourth-order valence-corrected chi connectivity index (χ4v) is 6.37. The number of benzene rings is 2. The molecule has 14 heteroatoms. The third kappa shape index (κ3) is 6.59. The summed E-state index contributed by atoms with van der Waals surface area (Å²) in [5.74, 6) is -0.973. The molecule has 1 aliphatic heterocycles. The number of para-hydroxylation sites is 1. The third-order valence-electron chi connectivity index (χ3n) is 7.70. The molecule has 0 atom stereocenters. The van der Waals surface area contributed by atoms with Crippen molar-refractivity contribution < 1.29 is 32.3 Å². The first kappa shape index (κ1) is 31.4. The minimum atomic E-state index is -4.77. The van der Waals surface area contributed by atoms with Crippen molar-refractivity contribution in [2.75, 3.05) is 43.9 Å². The normalized spacial score (nSPS) is 15.0. The number of rotatable bonds is 9. The van der Waals surface area contributed by atoms with Crippen LogP contribution in [0.1, 0.15) is 48.2 Å². The lowest BCUT2D eigenvalue weighted by molar-refractivity contribution is -0.137. The molecule has 226 valence electrons. The summed E-state index contributed by atoms with van der Waals surface area (Å²) in [6, 6.07) is 12.6. The summed E-state index contributed by atoms with van der Waals surface area (Å²) in [4.78, 5) is 45.0. The third-order valence-corrected chi connectivity index (χ3v) is 9.71. The van der Waals surface area contributed by atoms with Gasteiger partial charge in [-0.25, -0.2) is 4.98 Å². The maximum Gasteiger partial charge on any atom is 0.421 e. The predicted molar refractivity (Wildman–Crippen MR) is 154 cm³/mol. The standard InChI is InChI=1S/C28H34F3N6O4P/c1-4-27(5-2,42(39,40)41)19-10-12-20(13-11-19)33-26-32-18-22(28(29,30)31)24(35-26)34-23-9-7-6-8-21(23)25(38)37-16-14-36(3)15-17-37/h6-13,18H,4-5,14-17H2,1-3H3,(H2,39,40,41)(H2,32,33,34,35). The zero-order valence-corrected chi connectivity index (χ0v) is 24.4. The second kappa shape index (κ2) is 12.4. The number of piperazine rings is 1. The molecule has 1 amide bonds. The number of alkyl halides is 3. The van der Waals surface area contributed by atoms with Crippen LogP contribution < -0.4 is 10.6 Å². The number of carbonyl (C=O) groups excluding carboxylic acids is 1. The first-order valence-corrected chi connectivity index (χ1v) is 15.1. The van der Waals surface area contributed by atoms with Gasteiger partial charge < -0.3 is 30.2 Å². The lowest BCUT2D eigenvalue weighted by Gasteiger charge is -2.33. The molecule has 1 fully saturated rings. The Balaban J connectivity index is 1.63. The highest BCUT2D eigenvalue weighted by atomic mass is 31.2. The molecule has 0 bridgehead atoms. The second-order valence-corrected chi connectivity index (χ2v) is 12.1. The van der Waals surface area contributed by atoms with Gasteiger partial charge in [-0.2, -0.15) is 18.2 Å². The molecule has 42 heavy (non-hydrogen) atoms. The maximum atomic E-state index is 13.9. The summed E-state index contributed by atoms with van der Waals surface area (Å²) in [7, 11) is -2.53. The Kier molecular flexibility index (Phi) is 9.27. The van der Waals surface area contributed by atoms with Crippen LogP contribution in [0, 0.1) is 0 Å². The molecule has 0 aliphatic carbocycles. The summed E-state index contributed by atoms with van der Waals surface area (Å²) >= 11 is 0. The Hall–Kier alpha value is -3.51. The topological polar surface area (TPSA) is 131 Å². The molecule has 2 heterocycles. The van der Waals surface area contributed by atoms with Gasteiger partial charge in [-0.05, 0) is 49.7 Å². The van der Waals surface area contributed by atoms with E-state index in [-0.39, 0.29) is 35.9 Å². The van der Waals surface area contributed by atoms with Gasteiger partial charge in [0.05, 0.1) is 16.4 Å². The van der Waals surface area contributed by atoms with E-state index in [2.05, 4.69) is 25.5 Å². The lowest BCUT2D eigenvalue weighted by atomic mass is 9.92. The van der Waals surface area contributed by atoms with Crippen LogP contribution in [0.5, 0.6) is 0 Å². The maximum absolute atomic E-state index is 13.9. The molecular weight excluding hydrogens is 572 g/mol. The van der Waals surface area contributed by atoms with Gasteiger partial charge in [0.2, 0.25) is 5.95 Å². The van der Waals surface area contributed by atoms with E-state index in [4.69, 9.17) is 0 Å². The Morgan fingerprint density at radius 2 is 1.60 bits per heavy atom. The SMILES string of the molecule is CCC(CC)(c1ccc(Nc2ncc(C(F)(F)F)c(Nc3ccccc3C(=O)N3CCN(C)CC3)n2)cc1)P(=O)(O)O. The van der Waals surface area contributed by atoms with Gasteiger partial charge in [-0.1, -0.05) is 38.1 Å². The smallest absolute Gasteiger partial charge is 0.339 e. The Morgan fingerprint density at radius 1 is 0.976 bits per heavy atom. The largest absolute Gasteiger partial charge is 0.421 e. The van der Waals surface area contributed by atoms with Crippen LogP contribution in [0.2, 0.25) is 0 Å². The molecule has 4 N–H and O–H groups in total. The molecular formula is C28H34F3N6O4P. The van der Waals surface area contributed by atoms with Gasteiger partial charge in [0.1, 0.15) is 11.4 Å². The van der Waals surface area contributed by atoms with E-state index in [0.29, 0.717) is 43.6 Å². The lowest BCUT2D eigenvalue weighted by Crippen LogP contribution is -2.47. The van der Waals surface area contributed by atoms with Crippen LogP contribution in [0.4, 0.5) is 36.3 Å². The molecule has 1 saturated heterocycles. The van der Waals surface area contributed by atoms with Gasteiger partial charge in [-0.3, -0.25) is 9.36 Å². The number of halogens is 3. The molecule has 0 spiro atoms. The highest BCUT2D eigenvalue weighted by Gasteiger charge is 2.45. The highest BCUT2D eigenvalue weighted by molar-refractivity contribution is 7.53. The first-order chi connectivity index (χ1) is 19.8. The van der Waals surface area contributed by atoms with Crippen molar-refractivity contribution >= 4 is 36.6 Å². The van der Waals surface area contributed by atoms with E-state index in [0.717, 1.165) is 0 Å². The van der Waals surface area contributed by atoms with Crippen LogP contribution in [0.25, 0.3) is 0 Å².